The Morgan fingerprint density at radius 3 is 2.39 bits per heavy atom. The van der Waals surface area contributed by atoms with Gasteiger partial charge in [0, 0.05) is 18.4 Å². The second-order valence-corrected chi connectivity index (χ2v) is 4.40. The third kappa shape index (κ3) is 4.43. The molecule has 0 saturated carbocycles. The summed E-state index contributed by atoms with van der Waals surface area (Å²) in [5.74, 6) is -3.98. The average molecular weight is 256 g/mol. The predicted molar refractivity (Wildman–Crippen MR) is 65.8 cm³/mol. The Bertz CT molecular complexity index is 385. The maximum atomic E-state index is 13.7. The third-order valence-electron chi connectivity index (χ3n) is 2.80. The Balaban J connectivity index is 2.63. The van der Waals surface area contributed by atoms with Gasteiger partial charge in [-0.05, 0) is 18.4 Å². The van der Waals surface area contributed by atoms with E-state index in [0.29, 0.717) is 0 Å². The van der Waals surface area contributed by atoms with Crippen LogP contribution in [0.15, 0.2) is 24.3 Å². The first-order chi connectivity index (χ1) is 8.45. The van der Waals surface area contributed by atoms with E-state index in [4.69, 9.17) is 5.11 Å². The second kappa shape index (κ2) is 6.47. The Hall–Kier alpha value is -1.45. The molecule has 0 bridgehead atoms. The van der Waals surface area contributed by atoms with Crippen LogP contribution in [0, 0.1) is 0 Å². The fourth-order valence-electron chi connectivity index (χ4n) is 1.81. The smallest absolute Gasteiger partial charge is 0.303 e. The van der Waals surface area contributed by atoms with Crippen molar-refractivity contribution in [3.63, 3.8) is 0 Å². The number of hydrogen-bond acceptors (Lipinski definition) is 1. The van der Waals surface area contributed by atoms with Gasteiger partial charge in [0.05, 0.1) is 0 Å². The maximum Gasteiger partial charge on any atom is 0.303 e. The molecule has 0 radical (unpaired) electrons. The van der Waals surface area contributed by atoms with E-state index in [1.165, 1.54) is 12.1 Å². The summed E-state index contributed by atoms with van der Waals surface area (Å²) in [5, 5.41) is 8.43. The minimum atomic E-state index is -2.94. The van der Waals surface area contributed by atoms with Crippen LogP contribution in [-0.2, 0) is 17.1 Å². The number of carbonyl (C=O) groups is 1. The van der Waals surface area contributed by atoms with E-state index < -0.39 is 18.3 Å². The predicted octanol–water partition coefficient (Wildman–Crippen LogP) is 3.99. The Labute approximate surface area is 106 Å². The molecule has 0 aromatic heterocycles. The SMILES string of the molecule is CCCc1ccc(C(F)(F)CCCC(=O)O)cc1. The van der Waals surface area contributed by atoms with Crippen molar-refractivity contribution in [2.45, 2.75) is 45.0 Å². The van der Waals surface area contributed by atoms with Crippen molar-refractivity contribution in [2.75, 3.05) is 0 Å². The minimum Gasteiger partial charge on any atom is -0.481 e. The fraction of sp³-hybridized carbons (Fsp3) is 0.500. The molecule has 1 N–H and O–H groups in total. The lowest BCUT2D eigenvalue weighted by Gasteiger charge is -2.16. The number of carboxylic acid groups (broad SMARTS) is 1. The number of benzene rings is 1. The number of aliphatic carboxylic acids is 1. The molecule has 100 valence electrons. The Morgan fingerprint density at radius 1 is 1.28 bits per heavy atom. The standard InChI is InChI=1S/C14H18F2O2/c1-2-4-11-6-8-12(9-7-11)14(15,16)10-3-5-13(17)18/h6-9H,2-5,10H2,1H3,(H,17,18). The summed E-state index contributed by atoms with van der Waals surface area (Å²) in [6, 6.07) is 6.30. The summed E-state index contributed by atoms with van der Waals surface area (Å²) < 4.78 is 27.5. The monoisotopic (exact) mass is 256 g/mol. The fourth-order valence-corrected chi connectivity index (χ4v) is 1.81. The van der Waals surface area contributed by atoms with Gasteiger partial charge in [-0.25, -0.2) is 8.78 Å². The van der Waals surface area contributed by atoms with Gasteiger partial charge >= 0.3 is 5.97 Å². The Morgan fingerprint density at radius 2 is 1.89 bits per heavy atom. The van der Waals surface area contributed by atoms with Gasteiger partial charge in [0.15, 0.2) is 0 Å². The molecule has 0 fully saturated rings. The molecule has 0 unspecified atom stereocenters. The van der Waals surface area contributed by atoms with Gasteiger partial charge in [-0.3, -0.25) is 4.79 Å². The largest absolute Gasteiger partial charge is 0.481 e. The highest BCUT2D eigenvalue weighted by Gasteiger charge is 2.30. The lowest BCUT2D eigenvalue weighted by molar-refractivity contribution is -0.137. The van der Waals surface area contributed by atoms with Gasteiger partial charge in [0.25, 0.3) is 5.92 Å². The van der Waals surface area contributed by atoms with E-state index in [-0.39, 0.29) is 18.4 Å². The van der Waals surface area contributed by atoms with Crippen molar-refractivity contribution >= 4 is 5.97 Å². The van der Waals surface area contributed by atoms with Crippen molar-refractivity contribution < 1.29 is 18.7 Å². The quantitative estimate of drug-likeness (QED) is 0.801. The molecule has 0 amide bonds. The van der Waals surface area contributed by atoms with Crippen molar-refractivity contribution in [1.29, 1.82) is 0 Å². The highest BCUT2D eigenvalue weighted by molar-refractivity contribution is 5.66. The van der Waals surface area contributed by atoms with Crippen LogP contribution in [0.5, 0.6) is 0 Å². The molecule has 0 spiro atoms. The van der Waals surface area contributed by atoms with Gasteiger partial charge < -0.3 is 5.11 Å². The molecule has 0 heterocycles. The van der Waals surface area contributed by atoms with Crippen LogP contribution in [0.4, 0.5) is 8.78 Å². The lowest BCUT2D eigenvalue weighted by Crippen LogP contribution is -2.14. The van der Waals surface area contributed by atoms with Crippen LogP contribution < -0.4 is 0 Å². The maximum absolute atomic E-state index is 13.7. The second-order valence-electron chi connectivity index (χ2n) is 4.40. The molecule has 1 aromatic carbocycles. The van der Waals surface area contributed by atoms with Crippen molar-refractivity contribution in [3.05, 3.63) is 35.4 Å². The highest BCUT2D eigenvalue weighted by atomic mass is 19.3. The zero-order valence-corrected chi connectivity index (χ0v) is 10.5. The topological polar surface area (TPSA) is 37.3 Å². The molecular weight excluding hydrogens is 238 g/mol. The van der Waals surface area contributed by atoms with Crippen LogP contribution in [0.2, 0.25) is 0 Å². The van der Waals surface area contributed by atoms with Gasteiger partial charge in [-0.15, -0.1) is 0 Å². The summed E-state index contributed by atoms with van der Waals surface area (Å²) >= 11 is 0. The number of alkyl halides is 2. The number of aryl methyl sites for hydroxylation is 1. The molecule has 1 rings (SSSR count). The van der Waals surface area contributed by atoms with Crippen LogP contribution >= 0.6 is 0 Å². The van der Waals surface area contributed by atoms with Crippen LogP contribution in [0.3, 0.4) is 0 Å². The summed E-state index contributed by atoms with van der Waals surface area (Å²) in [5.41, 5.74) is 1.01. The summed E-state index contributed by atoms with van der Waals surface area (Å²) in [6.07, 6.45) is 1.20. The molecule has 0 aliphatic heterocycles. The first-order valence-corrected chi connectivity index (χ1v) is 6.14. The first-order valence-electron chi connectivity index (χ1n) is 6.14. The van der Waals surface area contributed by atoms with E-state index in [1.807, 2.05) is 6.92 Å². The zero-order valence-electron chi connectivity index (χ0n) is 10.5. The Kier molecular flexibility index (Phi) is 5.25. The molecule has 0 aliphatic carbocycles. The lowest BCUT2D eigenvalue weighted by atomic mass is 10.00. The van der Waals surface area contributed by atoms with Crippen LogP contribution in [0.1, 0.15) is 43.7 Å². The minimum absolute atomic E-state index is 0.0148. The molecular formula is C14H18F2O2. The summed E-state index contributed by atoms with van der Waals surface area (Å²) in [4.78, 5) is 10.3. The third-order valence-corrected chi connectivity index (χ3v) is 2.80. The number of halogens is 2. The summed E-state index contributed by atoms with van der Waals surface area (Å²) in [7, 11) is 0. The van der Waals surface area contributed by atoms with Crippen LogP contribution in [0.25, 0.3) is 0 Å². The van der Waals surface area contributed by atoms with Crippen molar-refractivity contribution in [1.82, 2.24) is 0 Å². The average Bonchev–Trinajstić information content (AvgIpc) is 2.29. The zero-order chi connectivity index (χ0) is 13.6. The number of rotatable bonds is 7. The molecule has 1 aromatic rings. The number of carboxylic acids is 1. The van der Waals surface area contributed by atoms with Gasteiger partial charge in [0.1, 0.15) is 0 Å². The van der Waals surface area contributed by atoms with Gasteiger partial charge in [-0.2, -0.15) is 0 Å². The van der Waals surface area contributed by atoms with E-state index in [1.54, 1.807) is 12.1 Å². The van der Waals surface area contributed by atoms with E-state index in [2.05, 4.69) is 0 Å². The normalized spacial score (nSPS) is 11.5. The molecule has 2 nitrogen and oxygen atoms in total. The molecule has 0 saturated heterocycles. The molecule has 18 heavy (non-hydrogen) atoms. The first kappa shape index (κ1) is 14.6. The highest BCUT2D eigenvalue weighted by Crippen LogP contribution is 2.33. The van der Waals surface area contributed by atoms with E-state index in [0.717, 1.165) is 18.4 Å². The van der Waals surface area contributed by atoms with Crippen molar-refractivity contribution in [2.24, 2.45) is 0 Å². The summed E-state index contributed by atoms with van der Waals surface area (Å²) in [6.45, 7) is 2.04. The molecule has 4 heteroatoms. The van der Waals surface area contributed by atoms with Crippen molar-refractivity contribution in [3.8, 4) is 0 Å². The molecule has 0 atom stereocenters. The van der Waals surface area contributed by atoms with Gasteiger partial charge in [0.2, 0.25) is 0 Å². The van der Waals surface area contributed by atoms with Crippen LogP contribution in [-0.4, -0.2) is 11.1 Å². The molecule has 0 aliphatic rings. The van der Waals surface area contributed by atoms with E-state index in [9.17, 15) is 13.6 Å². The van der Waals surface area contributed by atoms with Gasteiger partial charge in [-0.1, -0.05) is 37.6 Å². The van der Waals surface area contributed by atoms with E-state index >= 15 is 0 Å². The number of hydrogen-bond donors (Lipinski definition) is 1.